The van der Waals surface area contributed by atoms with E-state index in [1.807, 2.05) is 13.0 Å². The second-order valence-electron chi connectivity index (χ2n) is 3.36. The van der Waals surface area contributed by atoms with Gasteiger partial charge in [-0.15, -0.1) is 0 Å². The molecule has 0 unspecified atom stereocenters. The molecule has 84 valence electrons. The summed E-state index contributed by atoms with van der Waals surface area (Å²) in [4.78, 5) is 8.18. The number of aryl methyl sites for hydroxylation is 2. The van der Waals surface area contributed by atoms with Gasteiger partial charge < -0.3 is 10.5 Å². The summed E-state index contributed by atoms with van der Waals surface area (Å²) in [5.41, 5.74) is 7.05. The molecule has 0 aliphatic rings. The molecule has 0 aliphatic heterocycles. The largest absolute Gasteiger partial charge is 0.419 e. The lowest BCUT2D eigenvalue weighted by atomic mass is 10.4. The molecular formula is C10H13N5O. The molecule has 2 rings (SSSR count). The van der Waals surface area contributed by atoms with Crippen molar-refractivity contribution in [3.63, 3.8) is 0 Å². The Labute approximate surface area is 93.1 Å². The van der Waals surface area contributed by atoms with Crippen LogP contribution in [0.4, 0.5) is 0 Å². The zero-order valence-electron chi connectivity index (χ0n) is 9.21. The number of aromatic nitrogens is 4. The zero-order valence-corrected chi connectivity index (χ0v) is 9.21. The van der Waals surface area contributed by atoms with Crippen LogP contribution in [0.2, 0.25) is 0 Å². The van der Waals surface area contributed by atoms with E-state index in [1.54, 1.807) is 24.1 Å². The maximum absolute atomic E-state index is 5.60. The molecule has 0 spiro atoms. The van der Waals surface area contributed by atoms with Crippen LogP contribution in [0, 0.1) is 6.92 Å². The second-order valence-corrected chi connectivity index (χ2v) is 3.36. The fraction of sp³-hybridized carbons (Fsp3) is 0.300. The van der Waals surface area contributed by atoms with Gasteiger partial charge in [0.05, 0.1) is 5.69 Å². The van der Waals surface area contributed by atoms with Crippen LogP contribution in [0.1, 0.15) is 11.4 Å². The molecule has 0 aromatic carbocycles. The molecule has 6 nitrogen and oxygen atoms in total. The topological polar surface area (TPSA) is 78.9 Å². The number of rotatable bonds is 3. The molecular weight excluding hydrogens is 206 g/mol. The lowest BCUT2D eigenvalue weighted by molar-refractivity contribution is 0.407. The van der Waals surface area contributed by atoms with Gasteiger partial charge in [-0.1, -0.05) is 0 Å². The maximum atomic E-state index is 5.60. The van der Waals surface area contributed by atoms with Crippen molar-refractivity contribution in [3.05, 3.63) is 29.8 Å². The van der Waals surface area contributed by atoms with Crippen LogP contribution in [-0.2, 0) is 13.6 Å². The van der Waals surface area contributed by atoms with Crippen LogP contribution in [0.15, 0.2) is 18.5 Å². The van der Waals surface area contributed by atoms with E-state index in [0.717, 1.165) is 5.69 Å². The van der Waals surface area contributed by atoms with E-state index in [1.165, 1.54) is 0 Å². The number of nitrogens with zero attached hydrogens (tertiary/aromatic N) is 4. The molecule has 0 saturated carbocycles. The van der Waals surface area contributed by atoms with E-state index in [2.05, 4.69) is 15.1 Å². The highest BCUT2D eigenvalue weighted by Crippen LogP contribution is 2.21. The fourth-order valence-corrected chi connectivity index (χ4v) is 1.36. The predicted molar refractivity (Wildman–Crippen MR) is 57.9 cm³/mol. The lowest BCUT2D eigenvalue weighted by Crippen LogP contribution is -2.05. The Balaban J connectivity index is 2.30. The summed E-state index contributed by atoms with van der Waals surface area (Å²) in [5, 5.41) is 4.17. The molecule has 6 heteroatoms. The molecule has 2 aromatic rings. The first-order valence-electron chi connectivity index (χ1n) is 4.89. The third kappa shape index (κ3) is 2.01. The Morgan fingerprint density at radius 2 is 2.12 bits per heavy atom. The molecule has 0 atom stereocenters. The second kappa shape index (κ2) is 4.28. The van der Waals surface area contributed by atoms with Crippen molar-refractivity contribution < 1.29 is 4.74 Å². The van der Waals surface area contributed by atoms with Gasteiger partial charge in [0.1, 0.15) is 5.69 Å². The van der Waals surface area contributed by atoms with Gasteiger partial charge in [0.15, 0.2) is 0 Å². The van der Waals surface area contributed by atoms with E-state index in [9.17, 15) is 0 Å². The third-order valence-electron chi connectivity index (χ3n) is 2.09. The first-order valence-corrected chi connectivity index (χ1v) is 4.89. The average molecular weight is 219 g/mol. The van der Waals surface area contributed by atoms with E-state index in [4.69, 9.17) is 10.5 Å². The summed E-state index contributed by atoms with van der Waals surface area (Å²) in [5.74, 6) is 1.04. The van der Waals surface area contributed by atoms with Gasteiger partial charge in [0, 0.05) is 32.1 Å². The zero-order chi connectivity index (χ0) is 11.5. The minimum atomic E-state index is 0.292. The van der Waals surface area contributed by atoms with Gasteiger partial charge in [0.25, 0.3) is 0 Å². The van der Waals surface area contributed by atoms with E-state index in [0.29, 0.717) is 24.0 Å². The summed E-state index contributed by atoms with van der Waals surface area (Å²) in [6, 6.07) is 1.83. The first-order chi connectivity index (χ1) is 7.70. The fourth-order valence-electron chi connectivity index (χ4n) is 1.36. The van der Waals surface area contributed by atoms with Crippen molar-refractivity contribution in [1.29, 1.82) is 0 Å². The van der Waals surface area contributed by atoms with Crippen molar-refractivity contribution in [1.82, 2.24) is 19.7 Å². The Morgan fingerprint density at radius 1 is 1.38 bits per heavy atom. The summed E-state index contributed by atoms with van der Waals surface area (Å²) < 4.78 is 7.24. The Morgan fingerprint density at radius 3 is 2.75 bits per heavy atom. The Kier molecular flexibility index (Phi) is 2.82. The van der Waals surface area contributed by atoms with E-state index in [-0.39, 0.29) is 0 Å². The normalized spacial score (nSPS) is 10.4. The van der Waals surface area contributed by atoms with Crippen molar-refractivity contribution >= 4 is 0 Å². The van der Waals surface area contributed by atoms with Gasteiger partial charge in [-0.2, -0.15) is 5.10 Å². The van der Waals surface area contributed by atoms with Gasteiger partial charge in [-0.05, 0) is 6.92 Å². The molecule has 0 amide bonds. The van der Waals surface area contributed by atoms with Crippen LogP contribution < -0.4 is 10.5 Å². The maximum Gasteiger partial charge on any atom is 0.244 e. The summed E-state index contributed by atoms with van der Waals surface area (Å²) in [7, 11) is 1.81. The summed E-state index contributed by atoms with van der Waals surface area (Å²) in [6.07, 6.45) is 3.15. The summed E-state index contributed by atoms with van der Waals surface area (Å²) in [6.45, 7) is 2.19. The summed E-state index contributed by atoms with van der Waals surface area (Å²) >= 11 is 0. The lowest BCUT2D eigenvalue weighted by Gasteiger charge is -2.06. The predicted octanol–water partition coefficient (Wildman–Crippen LogP) is 0.770. The number of ether oxygens (including phenoxy) is 1. The molecule has 2 N–H and O–H groups in total. The van der Waals surface area contributed by atoms with Crippen LogP contribution in [0.25, 0.3) is 0 Å². The SMILES string of the molecule is Cc1cc(Oc2nccnc2CN)n(C)n1. The minimum Gasteiger partial charge on any atom is -0.419 e. The van der Waals surface area contributed by atoms with Gasteiger partial charge >= 0.3 is 0 Å². The van der Waals surface area contributed by atoms with Crippen LogP contribution in [-0.4, -0.2) is 19.7 Å². The van der Waals surface area contributed by atoms with Gasteiger partial charge in [-0.25, -0.2) is 9.67 Å². The molecule has 0 aliphatic carbocycles. The standard InChI is InChI=1S/C10H13N5O/c1-7-5-9(15(2)14-7)16-10-8(6-11)12-3-4-13-10/h3-5H,6,11H2,1-2H3. The number of hydrogen-bond acceptors (Lipinski definition) is 5. The number of hydrogen-bond donors (Lipinski definition) is 1. The van der Waals surface area contributed by atoms with Crippen molar-refractivity contribution in [2.75, 3.05) is 0 Å². The quantitative estimate of drug-likeness (QED) is 0.824. The van der Waals surface area contributed by atoms with Gasteiger partial charge in [0.2, 0.25) is 11.8 Å². The van der Waals surface area contributed by atoms with Gasteiger partial charge in [-0.3, -0.25) is 4.98 Å². The first kappa shape index (κ1) is 10.6. The van der Waals surface area contributed by atoms with Crippen molar-refractivity contribution in [2.45, 2.75) is 13.5 Å². The van der Waals surface area contributed by atoms with Crippen molar-refractivity contribution in [2.24, 2.45) is 12.8 Å². The highest BCUT2D eigenvalue weighted by molar-refractivity contribution is 5.24. The van der Waals surface area contributed by atoms with Crippen LogP contribution in [0.5, 0.6) is 11.8 Å². The smallest absolute Gasteiger partial charge is 0.244 e. The van der Waals surface area contributed by atoms with Crippen LogP contribution in [0.3, 0.4) is 0 Å². The average Bonchev–Trinajstić information content (AvgIpc) is 2.58. The molecule has 0 saturated heterocycles. The minimum absolute atomic E-state index is 0.292. The highest BCUT2D eigenvalue weighted by atomic mass is 16.5. The molecule has 16 heavy (non-hydrogen) atoms. The number of nitrogens with two attached hydrogens (primary N) is 1. The Bertz CT molecular complexity index is 494. The van der Waals surface area contributed by atoms with E-state index >= 15 is 0 Å². The molecule has 0 fully saturated rings. The highest BCUT2D eigenvalue weighted by Gasteiger charge is 2.09. The van der Waals surface area contributed by atoms with Crippen LogP contribution >= 0.6 is 0 Å². The van der Waals surface area contributed by atoms with E-state index < -0.39 is 0 Å². The molecule has 0 radical (unpaired) electrons. The monoisotopic (exact) mass is 219 g/mol. The molecule has 2 heterocycles. The third-order valence-corrected chi connectivity index (χ3v) is 2.09. The molecule has 0 bridgehead atoms. The Hall–Kier alpha value is -1.95. The van der Waals surface area contributed by atoms with Crippen molar-refractivity contribution in [3.8, 4) is 11.8 Å². The molecule has 2 aromatic heterocycles.